The highest BCUT2D eigenvalue weighted by molar-refractivity contribution is 7.98. The molecule has 0 radical (unpaired) electrons. The Hall–Kier alpha value is -2.90. The quantitative estimate of drug-likeness (QED) is 0.245. The van der Waals surface area contributed by atoms with Gasteiger partial charge in [-0.1, -0.05) is 54.2 Å². The van der Waals surface area contributed by atoms with Gasteiger partial charge in [-0.05, 0) is 18.6 Å². The Morgan fingerprint density at radius 2 is 1.90 bits per heavy atom. The first-order valence-corrected chi connectivity index (χ1v) is 10.4. The predicted molar refractivity (Wildman–Crippen MR) is 114 cm³/mol. The standard InChI is InChI=1S/C22H21N3O3S/c1-27-13-7-12-25-21(26)17-10-5-6-11-18(17)24-22(25)29-15-20-23-14-19(28-20)16-8-3-2-4-9-16/h2-6,8-11,14H,7,12-13,15H2,1H3. The molecule has 0 aliphatic carbocycles. The Morgan fingerprint density at radius 3 is 2.72 bits per heavy atom. The summed E-state index contributed by atoms with van der Waals surface area (Å²) in [4.78, 5) is 22.1. The first-order valence-electron chi connectivity index (χ1n) is 9.37. The molecule has 0 saturated carbocycles. The number of fused-ring (bicyclic) bond motifs is 1. The van der Waals surface area contributed by atoms with E-state index in [-0.39, 0.29) is 5.56 Å². The molecule has 0 atom stereocenters. The van der Waals surface area contributed by atoms with Crippen molar-refractivity contribution in [2.75, 3.05) is 13.7 Å². The molecule has 0 fully saturated rings. The zero-order valence-electron chi connectivity index (χ0n) is 16.1. The number of rotatable bonds is 8. The smallest absolute Gasteiger partial charge is 0.262 e. The van der Waals surface area contributed by atoms with Crippen molar-refractivity contribution in [3.8, 4) is 11.3 Å². The fourth-order valence-electron chi connectivity index (χ4n) is 3.06. The molecule has 0 unspecified atom stereocenters. The molecule has 4 rings (SSSR count). The molecule has 29 heavy (non-hydrogen) atoms. The predicted octanol–water partition coefficient (Wildman–Crippen LogP) is 4.38. The molecule has 2 aromatic carbocycles. The maximum absolute atomic E-state index is 13.0. The number of hydrogen-bond acceptors (Lipinski definition) is 6. The molecule has 0 N–H and O–H groups in total. The molecule has 0 amide bonds. The number of hydrogen-bond donors (Lipinski definition) is 0. The molecule has 148 valence electrons. The van der Waals surface area contributed by atoms with Gasteiger partial charge in [0.25, 0.3) is 5.56 Å². The lowest BCUT2D eigenvalue weighted by Gasteiger charge is -2.12. The SMILES string of the molecule is COCCCn1c(SCc2ncc(-c3ccccc3)o2)nc2ccccc2c1=O. The van der Waals surface area contributed by atoms with Crippen LogP contribution in [0.4, 0.5) is 0 Å². The molecule has 4 aromatic rings. The summed E-state index contributed by atoms with van der Waals surface area (Å²) < 4.78 is 12.7. The van der Waals surface area contributed by atoms with Crippen molar-refractivity contribution in [2.45, 2.75) is 23.9 Å². The summed E-state index contributed by atoms with van der Waals surface area (Å²) in [6.07, 6.45) is 2.46. The third-order valence-corrected chi connectivity index (χ3v) is 5.45. The van der Waals surface area contributed by atoms with Gasteiger partial charge in [-0.25, -0.2) is 9.97 Å². The Morgan fingerprint density at radius 1 is 1.10 bits per heavy atom. The molecule has 2 heterocycles. The second-order valence-corrected chi connectivity index (χ2v) is 7.43. The molecule has 0 aliphatic heterocycles. The minimum Gasteiger partial charge on any atom is -0.440 e. The van der Waals surface area contributed by atoms with Crippen LogP contribution < -0.4 is 5.56 Å². The number of aromatic nitrogens is 3. The lowest BCUT2D eigenvalue weighted by molar-refractivity contribution is 0.189. The van der Waals surface area contributed by atoms with E-state index in [0.29, 0.717) is 40.9 Å². The Kier molecular flexibility index (Phi) is 6.07. The third-order valence-electron chi connectivity index (χ3n) is 4.49. The van der Waals surface area contributed by atoms with Crippen molar-refractivity contribution >= 4 is 22.7 Å². The molecule has 0 saturated heterocycles. The Labute approximate surface area is 172 Å². The lowest BCUT2D eigenvalue weighted by atomic mass is 10.2. The lowest BCUT2D eigenvalue weighted by Crippen LogP contribution is -2.24. The number of benzene rings is 2. The van der Waals surface area contributed by atoms with Crippen LogP contribution in [0.15, 0.2) is 75.2 Å². The topological polar surface area (TPSA) is 70.2 Å². The first-order chi connectivity index (χ1) is 14.3. The summed E-state index contributed by atoms with van der Waals surface area (Å²) in [5, 5.41) is 1.28. The van der Waals surface area contributed by atoms with Gasteiger partial charge in [0, 0.05) is 25.8 Å². The average Bonchev–Trinajstić information content (AvgIpc) is 3.24. The summed E-state index contributed by atoms with van der Waals surface area (Å²) in [5.74, 6) is 1.81. The number of ether oxygens (including phenoxy) is 1. The van der Waals surface area contributed by atoms with Crippen LogP contribution in [0.2, 0.25) is 0 Å². The van der Waals surface area contributed by atoms with E-state index in [9.17, 15) is 4.79 Å². The van der Waals surface area contributed by atoms with Gasteiger partial charge >= 0.3 is 0 Å². The van der Waals surface area contributed by atoms with Crippen LogP contribution in [0.5, 0.6) is 0 Å². The van der Waals surface area contributed by atoms with Crippen LogP contribution in [-0.4, -0.2) is 28.3 Å². The zero-order chi connectivity index (χ0) is 20.1. The molecular formula is C22H21N3O3S. The highest BCUT2D eigenvalue weighted by Crippen LogP contribution is 2.25. The van der Waals surface area contributed by atoms with E-state index >= 15 is 0 Å². The number of oxazole rings is 1. The van der Waals surface area contributed by atoms with Gasteiger partial charge in [0.15, 0.2) is 10.9 Å². The van der Waals surface area contributed by atoms with Gasteiger partial charge in [-0.3, -0.25) is 9.36 Å². The van der Waals surface area contributed by atoms with E-state index in [2.05, 4.69) is 4.98 Å². The van der Waals surface area contributed by atoms with Gasteiger partial charge in [0.1, 0.15) is 0 Å². The van der Waals surface area contributed by atoms with Crippen LogP contribution in [-0.2, 0) is 17.0 Å². The van der Waals surface area contributed by atoms with Crippen molar-refractivity contribution in [3.63, 3.8) is 0 Å². The van der Waals surface area contributed by atoms with E-state index in [4.69, 9.17) is 14.1 Å². The molecular weight excluding hydrogens is 386 g/mol. The monoisotopic (exact) mass is 407 g/mol. The van der Waals surface area contributed by atoms with Crippen LogP contribution in [0.3, 0.4) is 0 Å². The van der Waals surface area contributed by atoms with Gasteiger partial charge < -0.3 is 9.15 Å². The number of nitrogens with zero attached hydrogens (tertiary/aromatic N) is 3. The minimum atomic E-state index is -0.0356. The van der Waals surface area contributed by atoms with Gasteiger partial charge in [-0.2, -0.15) is 0 Å². The fourth-order valence-corrected chi connectivity index (χ4v) is 3.94. The molecule has 2 aromatic heterocycles. The minimum absolute atomic E-state index is 0.0356. The van der Waals surface area contributed by atoms with Crippen molar-refractivity contribution in [2.24, 2.45) is 0 Å². The van der Waals surface area contributed by atoms with E-state index < -0.39 is 0 Å². The summed E-state index contributed by atoms with van der Waals surface area (Å²) in [6, 6.07) is 17.3. The van der Waals surface area contributed by atoms with Gasteiger partial charge in [-0.15, -0.1) is 0 Å². The maximum Gasteiger partial charge on any atom is 0.262 e. The van der Waals surface area contributed by atoms with Crippen molar-refractivity contribution in [1.82, 2.24) is 14.5 Å². The molecule has 0 aliphatic rings. The Balaban J connectivity index is 1.59. The molecule has 7 heteroatoms. The highest BCUT2D eigenvalue weighted by Gasteiger charge is 2.13. The maximum atomic E-state index is 13.0. The first kappa shape index (κ1) is 19.4. The van der Waals surface area contributed by atoms with E-state index in [1.54, 1.807) is 17.9 Å². The van der Waals surface area contributed by atoms with Crippen molar-refractivity contribution < 1.29 is 9.15 Å². The van der Waals surface area contributed by atoms with Gasteiger partial charge in [0.05, 0.1) is 22.9 Å². The Bertz CT molecular complexity index is 1150. The normalized spacial score (nSPS) is 11.2. The molecule has 6 nitrogen and oxygen atoms in total. The van der Waals surface area contributed by atoms with E-state index in [1.807, 2.05) is 54.6 Å². The van der Waals surface area contributed by atoms with Crippen LogP contribution in [0.1, 0.15) is 12.3 Å². The van der Waals surface area contributed by atoms with E-state index in [0.717, 1.165) is 17.7 Å². The summed E-state index contributed by atoms with van der Waals surface area (Å²) in [5.41, 5.74) is 1.64. The number of methoxy groups -OCH3 is 1. The second-order valence-electron chi connectivity index (χ2n) is 6.49. The van der Waals surface area contributed by atoms with Crippen molar-refractivity contribution in [3.05, 3.63) is 77.0 Å². The largest absolute Gasteiger partial charge is 0.440 e. The highest BCUT2D eigenvalue weighted by atomic mass is 32.2. The summed E-state index contributed by atoms with van der Waals surface area (Å²) >= 11 is 1.45. The van der Waals surface area contributed by atoms with Crippen LogP contribution in [0, 0.1) is 0 Å². The van der Waals surface area contributed by atoms with Crippen LogP contribution >= 0.6 is 11.8 Å². The number of para-hydroxylation sites is 1. The molecule has 0 spiro atoms. The average molecular weight is 407 g/mol. The molecule has 0 bridgehead atoms. The third kappa shape index (κ3) is 4.41. The van der Waals surface area contributed by atoms with Gasteiger partial charge in [0.2, 0.25) is 5.89 Å². The second kappa shape index (κ2) is 9.07. The number of thioether (sulfide) groups is 1. The zero-order valence-corrected chi connectivity index (χ0v) is 16.9. The van der Waals surface area contributed by atoms with E-state index in [1.165, 1.54) is 11.8 Å². The fraction of sp³-hybridized carbons (Fsp3) is 0.227. The van der Waals surface area contributed by atoms with Crippen molar-refractivity contribution in [1.29, 1.82) is 0 Å². The van der Waals surface area contributed by atoms with Crippen LogP contribution in [0.25, 0.3) is 22.2 Å². The summed E-state index contributed by atoms with van der Waals surface area (Å²) in [6.45, 7) is 1.14. The summed E-state index contributed by atoms with van der Waals surface area (Å²) in [7, 11) is 1.66.